The molecule has 1 saturated carbocycles. The van der Waals surface area contributed by atoms with Crippen molar-refractivity contribution in [2.45, 2.75) is 37.6 Å². The lowest BCUT2D eigenvalue weighted by Gasteiger charge is -2.37. The third-order valence-electron chi connectivity index (χ3n) is 5.59. The number of hydrogen-bond donors (Lipinski definition) is 1. The molecule has 0 radical (unpaired) electrons. The molecule has 3 aliphatic rings. The molecule has 2 fully saturated rings. The van der Waals surface area contributed by atoms with E-state index in [1.54, 1.807) is 30.3 Å². The standard InChI is InChI=1S/C22H21NO4/c24-20(15-4-2-1-3-5-15)16-8-9-19-18(13-16)22(21(25)23-19)26-11-10-17(27-22)12-14-6-7-14/h1-5,8-9,13-14,17H,6-7,10-12H2,(H,23,25)/t17?,22-/m1/s1. The number of rotatable bonds is 4. The number of ether oxygens (including phenoxy) is 2. The Bertz CT molecular complexity index is 906. The molecule has 1 unspecified atom stereocenters. The first kappa shape index (κ1) is 16.7. The number of carbonyl (C=O) groups is 2. The maximum Gasteiger partial charge on any atom is 0.289 e. The highest BCUT2D eigenvalue weighted by Crippen LogP contribution is 2.46. The molecule has 0 bridgehead atoms. The van der Waals surface area contributed by atoms with E-state index in [2.05, 4.69) is 5.32 Å². The minimum Gasteiger partial charge on any atom is -0.338 e. The van der Waals surface area contributed by atoms with E-state index in [1.165, 1.54) is 12.8 Å². The van der Waals surface area contributed by atoms with Crippen LogP contribution in [0.15, 0.2) is 48.5 Å². The van der Waals surface area contributed by atoms with Crippen LogP contribution in [-0.4, -0.2) is 24.4 Å². The van der Waals surface area contributed by atoms with Gasteiger partial charge < -0.3 is 14.8 Å². The van der Waals surface area contributed by atoms with Crippen LogP contribution < -0.4 is 5.32 Å². The van der Waals surface area contributed by atoms with E-state index in [-0.39, 0.29) is 17.8 Å². The first-order valence-corrected chi connectivity index (χ1v) is 9.53. The maximum absolute atomic E-state index is 12.8. The maximum atomic E-state index is 12.8. The Morgan fingerprint density at radius 1 is 1.07 bits per heavy atom. The van der Waals surface area contributed by atoms with E-state index in [0.717, 1.165) is 12.8 Å². The van der Waals surface area contributed by atoms with E-state index < -0.39 is 5.79 Å². The van der Waals surface area contributed by atoms with Gasteiger partial charge in [0.15, 0.2) is 5.78 Å². The van der Waals surface area contributed by atoms with Gasteiger partial charge in [-0.15, -0.1) is 0 Å². The Morgan fingerprint density at radius 2 is 1.89 bits per heavy atom. The molecule has 1 saturated heterocycles. The predicted octanol–water partition coefficient (Wildman–Crippen LogP) is 3.63. The molecule has 2 atom stereocenters. The Hall–Kier alpha value is -2.50. The van der Waals surface area contributed by atoms with Crippen LogP contribution >= 0.6 is 0 Å². The normalized spacial score (nSPS) is 26.7. The molecule has 1 amide bonds. The van der Waals surface area contributed by atoms with Gasteiger partial charge in [0.25, 0.3) is 11.7 Å². The molecule has 0 aromatic heterocycles. The first-order valence-electron chi connectivity index (χ1n) is 9.53. The average Bonchev–Trinajstić information content (AvgIpc) is 3.48. The number of nitrogens with one attached hydrogen (secondary N) is 1. The lowest BCUT2D eigenvalue weighted by Crippen LogP contribution is -2.47. The number of amides is 1. The van der Waals surface area contributed by atoms with Crippen LogP contribution in [0.3, 0.4) is 0 Å². The zero-order valence-electron chi connectivity index (χ0n) is 14.9. The highest BCUT2D eigenvalue weighted by Gasteiger charge is 2.53. The molecule has 5 heteroatoms. The Labute approximate surface area is 157 Å². The van der Waals surface area contributed by atoms with Crippen LogP contribution in [0.1, 0.15) is 47.2 Å². The summed E-state index contributed by atoms with van der Waals surface area (Å²) in [5.74, 6) is -1.11. The fourth-order valence-corrected chi connectivity index (χ4v) is 3.96. The molecule has 2 aromatic rings. The molecule has 1 spiro atoms. The van der Waals surface area contributed by atoms with Crippen molar-refractivity contribution in [2.75, 3.05) is 11.9 Å². The van der Waals surface area contributed by atoms with E-state index >= 15 is 0 Å². The summed E-state index contributed by atoms with van der Waals surface area (Å²) in [6.07, 6.45) is 4.26. The molecule has 1 N–H and O–H groups in total. The van der Waals surface area contributed by atoms with Crippen molar-refractivity contribution >= 4 is 17.4 Å². The summed E-state index contributed by atoms with van der Waals surface area (Å²) in [6.45, 7) is 0.473. The molecular formula is C22H21NO4. The third kappa shape index (κ3) is 2.87. The number of hydrogen-bond acceptors (Lipinski definition) is 4. The zero-order valence-corrected chi connectivity index (χ0v) is 14.9. The van der Waals surface area contributed by atoms with Gasteiger partial charge in [-0.25, -0.2) is 0 Å². The van der Waals surface area contributed by atoms with Gasteiger partial charge in [-0.1, -0.05) is 43.2 Å². The van der Waals surface area contributed by atoms with Crippen molar-refractivity contribution in [1.82, 2.24) is 0 Å². The van der Waals surface area contributed by atoms with Crippen molar-refractivity contribution in [3.63, 3.8) is 0 Å². The van der Waals surface area contributed by atoms with E-state index in [4.69, 9.17) is 9.47 Å². The molecule has 2 aliphatic heterocycles. The number of benzene rings is 2. The highest BCUT2D eigenvalue weighted by molar-refractivity contribution is 6.11. The smallest absolute Gasteiger partial charge is 0.289 e. The van der Waals surface area contributed by atoms with Crippen molar-refractivity contribution in [1.29, 1.82) is 0 Å². The molecule has 2 heterocycles. The number of anilines is 1. The molecule has 27 heavy (non-hydrogen) atoms. The first-order chi connectivity index (χ1) is 13.2. The summed E-state index contributed by atoms with van der Waals surface area (Å²) in [5, 5.41) is 2.85. The third-order valence-corrected chi connectivity index (χ3v) is 5.59. The highest BCUT2D eigenvalue weighted by atomic mass is 16.7. The van der Waals surface area contributed by atoms with E-state index in [0.29, 0.717) is 34.9 Å². The summed E-state index contributed by atoms with van der Waals surface area (Å²) in [5.41, 5.74) is 2.39. The zero-order chi connectivity index (χ0) is 18.4. The largest absolute Gasteiger partial charge is 0.338 e. The quantitative estimate of drug-likeness (QED) is 0.843. The van der Waals surface area contributed by atoms with E-state index in [1.807, 2.05) is 18.2 Å². The number of carbonyl (C=O) groups excluding carboxylic acids is 2. The monoisotopic (exact) mass is 363 g/mol. The fraction of sp³-hybridized carbons (Fsp3) is 0.364. The van der Waals surface area contributed by atoms with Crippen molar-refractivity contribution < 1.29 is 19.1 Å². The topological polar surface area (TPSA) is 64.6 Å². The second kappa shape index (κ2) is 6.29. The SMILES string of the molecule is O=C(c1ccccc1)c1ccc2c(c1)[C@]1(OCCC(CC3CC3)O1)C(=O)N2. The van der Waals surface area contributed by atoms with Crippen LogP contribution in [0.25, 0.3) is 0 Å². The Morgan fingerprint density at radius 3 is 2.67 bits per heavy atom. The van der Waals surface area contributed by atoms with Crippen LogP contribution in [0.4, 0.5) is 5.69 Å². The summed E-state index contributed by atoms with van der Waals surface area (Å²) in [7, 11) is 0. The number of ketones is 1. The minimum atomic E-state index is -1.43. The van der Waals surface area contributed by atoms with Crippen LogP contribution in [0.2, 0.25) is 0 Å². The molecule has 5 nitrogen and oxygen atoms in total. The number of fused-ring (bicyclic) bond motifs is 2. The van der Waals surface area contributed by atoms with Crippen molar-refractivity contribution in [3.05, 3.63) is 65.2 Å². The van der Waals surface area contributed by atoms with E-state index in [9.17, 15) is 9.59 Å². The second-order valence-electron chi connectivity index (χ2n) is 7.58. The Kier molecular flexibility index (Phi) is 3.88. The minimum absolute atomic E-state index is 0.0106. The van der Waals surface area contributed by atoms with Gasteiger partial charge in [0.2, 0.25) is 0 Å². The van der Waals surface area contributed by atoms with Crippen molar-refractivity contribution in [2.24, 2.45) is 5.92 Å². The predicted molar refractivity (Wildman–Crippen MR) is 99.4 cm³/mol. The molecule has 5 rings (SSSR count). The fourth-order valence-electron chi connectivity index (χ4n) is 3.96. The molecule has 2 aromatic carbocycles. The van der Waals surface area contributed by atoms with Gasteiger partial charge in [0.1, 0.15) is 0 Å². The van der Waals surface area contributed by atoms with Crippen LogP contribution in [-0.2, 0) is 20.1 Å². The molecule has 138 valence electrons. The van der Waals surface area contributed by atoms with Crippen molar-refractivity contribution in [3.8, 4) is 0 Å². The summed E-state index contributed by atoms with van der Waals surface area (Å²) >= 11 is 0. The van der Waals surface area contributed by atoms with Gasteiger partial charge in [-0.3, -0.25) is 9.59 Å². The summed E-state index contributed by atoms with van der Waals surface area (Å²) in [4.78, 5) is 25.6. The van der Waals surface area contributed by atoms with Crippen LogP contribution in [0.5, 0.6) is 0 Å². The van der Waals surface area contributed by atoms with Gasteiger partial charge in [0, 0.05) is 16.7 Å². The molecular weight excluding hydrogens is 342 g/mol. The van der Waals surface area contributed by atoms with Gasteiger partial charge in [0.05, 0.1) is 18.4 Å². The summed E-state index contributed by atoms with van der Waals surface area (Å²) < 4.78 is 12.1. The second-order valence-corrected chi connectivity index (χ2v) is 7.58. The lowest BCUT2D eigenvalue weighted by molar-refractivity contribution is -0.281. The Balaban J connectivity index is 1.49. The molecule has 1 aliphatic carbocycles. The lowest BCUT2D eigenvalue weighted by atomic mass is 9.97. The van der Waals surface area contributed by atoms with Gasteiger partial charge >= 0.3 is 0 Å². The van der Waals surface area contributed by atoms with Crippen LogP contribution in [0, 0.1) is 5.92 Å². The van der Waals surface area contributed by atoms with Gasteiger partial charge in [-0.05, 0) is 37.0 Å². The summed E-state index contributed by atoms with van der Waals surface area (Å²) in [6, 6.07) is 14.4. The average molecular weight is 363 g/mol. The van der Waals surface area contributed by atoms with Gasteiger partial charge in [-0.2, -0.15) is 0 Å².